The fraction of sp³-hybridized carbons (Fsp3) is 0.150. The van der Waals surface area contributed by atoms with E-state index in [4.69, 9.17) is 6.42 Å². The van der Waals surface area contributed by atoms with Gasteiger partial charge in [-0.25, -0.2) is 8.42 Å². The van der Waals surface area contributed by atoms with Crippen LogP contribution < -0.4 is 0 Å². The second-order valence-electron chi connectivity index (χ2n) is 5.04. The summed E-state index contributed by atoms with van der Waals surface area (Å²) in [4.78, 5) is 0.351. The van der Waals surface area contributed by atoms with Crippen LogP contribution in [0.4, 0.5) is 0 Å². The van der Waals surface area contributed by atoms with Crippen LogP contribution >= 0.6 is 0 Å². The van der Waals surface area contributed by atoms with Gasteiger partial charge < -0.3 is 0 Å². The van der Waals surface area contributed by atoms with Crippen LogP contribution in [0.5, 0.6) is 0 Å². The minimum atomic E-state index is -3.65. The molecule has 0 bridgehead atoms. The van der Waals surface area contributed by atoms with E-state index < -0.39 is 9.84 Å². The smallest absolute Gasteiger partial charge is 0.214 e. The monoisotopic (exact) mass is 322 g/mol. The molecule has 2 nitrogen and oxygen atoms in total. The summed E-state index contributed by atoms with van der Waals surface area (Å²) in [6.45, 7) is 3.59. The lowest BCUT2D eigenvalue weighted by Gasteiger charge is -2.12. The van der Waals surface area contributed by atoms with Crippen LogP contribution in [0, 0.1) is 12.3 Å². The highest BCUT2D eigenvalue weighted by molar-refractivity contribution is 8.00. The minimum absolute atomic E-state index is 0.111. The van der Waals surface area contributed by atoms with E-state index in [-0.39, 0.29) is 9.80 Å². The molecule has 0 saturated heterocycles. The normalized spacial score (nSPS) is 10.6. The van der Waals surface area contributed by atoms with Crippen molar-refractivity contribution in [2.45, 2.75) is 24.2 Å². The molecule has 3 heteroatoms. The molecule has 0 unspecified atom stereocenters. The zero-order chi connectivity index (χ0) is 16.7. The SMILES string of the molecule is C#CCCCc1ccccc1C(=C=C)S(=O)(=O)c1ccccc1. The third kappa shape index (κ3) is 3.81. The first kappa shape index (κ1) is 16.8. The second kappa shape index (κ2) is 7.65. The first-order chi connectivity index (χ1) is 11.1. The molecule has 0 heterocycles. The largest absolute Gasteiger partial charge is 0.218 e. The molecular weight excluding hydrogens is 304 g/mol. The molecule has 0 amide bonds. The van der Waals surface area contributed by atoms with Crippen molar-refractivity contribution in [3.8, 4) is 12.3 Å². The van der Waals surface area contributed by atoms with Gasteiger partial charge in [0.25, 0.3) is 0 Å². The maximum absolute atomic E-state index is 12.9. The van der Waals surface area contributed by atoms with Crippen molar-refractivity contribution >= 4 is 14.7 Å². The zero-order valence-electron chi connectivity index (χ0n) is 12.8. The van der Waals surface area contributed by atoms with E-state index >= 15 is 0 Å². The fourth-order valence-corrected chi connectivity index (χ4v) is 3.82. The third-order valence-electron chi connectivity index (χ3n) is 3.51. The maximum Gasteiger partial charge on any atom is 0.214 e. The molecule has 2 aromatic carbocycles. The highest BCUT2D eigenvalue weighted by Gasteiger charge is 2.23. The van der Waals surface area contributed by atoms with Gasteiger partial charge in [-0.15, -0.1) is 18.1 Å². The van der Waals surface area contributed by atoms with Crippen LogP contribution in [-0.4, -0.2) is 8.42 Å². The molecule has 0 radical (unpaired) electrons. The second-order valence-corrected chi connectivity index (χ2v) is 6.92. The Bertz CT molecular complexity index is 865. The Morgan fingerprint density at radius 3 is 2.35 bits per heavy atom. The fourth-order valence-electron chi connectivity index (χ4n) is 2.39. The summed E-state index contributed by atoms with van der Waals surface area (Å²) in [6, 6.07) is 15.8. The average molecular weight is 322 g/mol. The standard InChI is InChI=1S/C20H18O2S/c1-3-5-7-12-17-13-10-11-16-19(17)20(4-2)23(21,22)18-14-8-6-9-15-18/h1,6,8-11,13-16H,2,5,7,12H2. The summed E-state index contributed by atoms with van der Waals surface area (Å²) in [5.41, 5.74) is 4.21. The summed E-state index contributed by atoms with van der Waals surface area (Å²) in [7, 11) is -3.65. The average Bonchev–Trinajstić information content (AvgIpc) is 2.58. The Labute approximate surface area is 138 Å². The number of unbranched alkanes of at least 4 members (excludes halogenated alkanes) is 1. The van der Waals surface area contributed by atoms with Gasteiger partial charge in [0.1, 0.15) is 4.91 Å². The number of terminal acetylenes is 1. The lowest BCUT2D eigenvalue weighted by atomic mass is 10.0. The third-order valence-corrected chi connectivity index (χ3v) is 5.31. The van der Waals surface area contributed by atoms with Crippen LogP contribution in [-0.2, 0) is 16.3 Å². The highest BCUT2D eigenvalue weighted by Crippen LogP contribution is 2.29. The first-order valence-corrected chi connectivity index (χ1v) is 8.81. The van der Waals surface area contributed by atoms with E-state index in [1.807, 2.05) is 18.2 Å². The van der Waals surface area contributed by atoms with Gasteiger partial charge in [0.15, 0.2) is 0 Å². The molecule has 0 aliphatic heterocycles. The number of sulfone groups is 1. The molecule has 116 valence electrons. The van der Waals surface area contributed by atoms with Crippen molar-refractivity contribution in [2.24, 2.45) is 0 Å². The summed E-state index contributed by atoms with van der Waals surface area (Å²) in [5.74, 6) is 2.60. The molecule has 0 fully saturated rings. The summed E-state index contributed by atoms with van der Waals surface area (Å²) in [5, 5.41) is 0. The van der Waals surface area contributed by atoms with Gasteiger partial charge in [0, 0.05) is 12.0 Å². The van der Waals surface area contributed by atoms with Crippen molar-refractivity contribution in [1.82, 2.24) is 0 Å². The van der Waals surface area contributed by atoms with Crippen LogP contribution in [0.2, 0.25) is 0 Å². The van der Waals surface area contributed by atoms with Crippen molar-refractivity contribution < 1.29 is 8.42 Å². The van der Waals surface area contributed by atoms with E-state index in [9.17, 15) is 8.42 Å². The molecule has 0 saturated carbocycles. The van der Waals surface area contributed by atoms with Gasteiger partial charge in [0.2, 0.25) is 9.84 Å². The number of benzene rings is 2. The summed E-state index contributed by atoms with van der Waals surface area (Å²) < 4.78 is 25.7. The molecule has 0 aliphatic carbocycles. The van der Waals surface area contributed by atoms with Gasteiger partial charge >= 0.3 is 0 Å². The quantitative estimate of drug-likeness (QED) is 0.453. The minimum Gasteiger partial charge on any atom is -0.218 e. The predicted octanol–water partition coefficient (Wildman–Crippen LogP) is 4.24. The van der Waals surface area contributed by atoms with Crippen LogP contribution in [0.25, 0.3) is 4.91 Å². The zero-order valence-corrected chi connectivity index (χ0v) is 13.6. The van der Waals surface area contributed by atoms with Gasteiger partial charge in [0.05, 0.1) is 4.90 Å². The van der Waals surface area contributed by atoms with Crippen LogP contribution in [0.3, 0.4) is 0 Å². The van der Waals surface area contributed by atoms with Gasteiger partial charge in [-0.2, -0.15) is 0 Å². The Morgan fingerprint density at radius 2 is 1.70 bits per heavy atom. The number of aryl methyl sites for hydroxylation is 1. The van der Waals surface area contributed by atoms with E-state index in [0.29, 0.717) is 12.0 Å². The summed E-state index contributed by atoms with van der Waals surface area (Å²) in [6.07, 6.45) is 7.48. The Balaban J connectivity index is 2.48. The molecular formula is C20H18O2S. The molecule has 0 N–H and O–H groups in total. The molecule has 0 spiro atoms. The lowest BCUT2D eigenvalue weighted by Crippen LogP contribution is -2.06. The van der Waals surface area contributed by atoms with E-state index in [1.54, 1.807) is 36.4 Å². The highest BCUT2D eigenvalue weighted by atomic mass is 32.2. The van der Waals surface area contributed by atoms with Gasteiger partial charge in [-0.3, -0.25) is 0 Å². The molecule has 23 heavy (non-hydrogen) atoms. The molecule has 0 aliphatic rings. The maximum atomic E-state index is 12.9. The lowest BCUT2D eigenvalue weighted by molar-refractivity contribution is 0.606. The van der Waals surface area contributed by atoms with E-state index in [0.717, 1.165) is 18.4 Å². The van der Waals surface area contributed by atoms with Gasteiger partial charge in [-0.1, -0.05) is 49.0 Å². The Morgan fingerprint density at radius 1 is 1.04 bits per heavy atom. The molecule has 2 rings (SSSR count). The molecule has 2 aromatic rings. The number of hydrogen-bond donors (Lipinski definition) is 0. The van der Waals surface area contributed by atoms with E-state index in [2.05, 4.69) is 18.2 Å². The Kier molecular flexibility index (Phi) is 5.60. The Hall–Kier alpha value is -2.53. The van der Waals surface area contributed by atoms with Crippen molar-refractivity contribution in [3.63, 3.8) is 0 Å². The molecule has 0 aromatic heterocycles. The van der Waals surface area contributed by atoms with Crippen molar-refractivity contribution in [3.05, 3.63) is 78.0 Å². The first-order valence-electron chi connectivity index (χ1n) is 7.33. The predicted molar refractivity (Wildman–Crippen MR) is 94.4 cm³/mol. The topological polar surface area (TPSA) is 34.1 Å². The van der Waals surface area contributed by atoms with Crippen LogP contribution in [0.1, 0.15) is 24.0 Å². The number of hydrogen-bond acceptors (Lipinski definition) is 2. The van der Waals surface area contributed by atoms with Crippen molar-refractivity contribution in [1.29, 1.82) is 0 Å². The van der Waals surface area contributed by atoms with Crippen LogP contribution in [0.15, 0.2) is 71.8 Å². The molecule has 0 atom stereocenters. The van der Waals surface area contributed by atoms with Crippen molar-refractivity contribution in [2.75, 3.05) is 0 Å². The van der Waals surface area contributed by atoms with Gasteiger partial charge in [-0.05, 0) is 30.5 Å². The summed E-state index contributed by atoms with van der Waals surface area (Å²) >= 11 is 0. The number of rotatable bonds is 6. The van der Waals surface area contributed by atoms with E-state index in [1.165, 1.54) is 0 Å².